The van der Waals surface area contributed by atoms with Crippen LogP contribution < -0.4 is 10.1 Å². The molecule has 0 bridgehead atoms. The number of carbonyl (C=O) groups is 2. The van der Waals surface area contributed by atoms with Gasteiger partial charge in [0.1, 0.15) is 5.75 Å². The molecule has 0 aromatic heterocycles. The van der Waals surface area contributed by atoms with Crippen LogP contribution in [-0.4, -0.2) is 18.3 Å². The van der Waals surface area contributed by atoms with Gasteiger partial charge in [-0.3, -0.25) is 9.59 Å². The fourth-order valence-corrected chi connectivity index (χ4v) is 3.83. The van der Waals surface area contributed by atoms with Crippen molar-refractivity contribution in [3.63, 3.8) is 0 Å². The predicted molar refractivity (Wildman–Crippen MR) is 106 cm³/mol. The molecule has 1 amide bonds. The summed E-state index contributed by atoms with van der Waals surface area (Å²) < 4.78 is 5.75. The van der Waals surface area contributed by atoms with Gasteiger partial charge in [0.15, 0.2) is 12.4 Å². The minimum Gasteiger partial charge on any atom is -0.483 e. The molecule has 2 atom stereocenters. The van der Waals surface area contributed by atoms with E-state index in [9.17, 15) is 9.59 Å². The largest absolute Gasteiger partial charge is 0.483 e. The fourth-order valence-electron chi connectivity index (χ4n) is 3.83. The van der Waals surface area contributed by atoms with Crippen molar-refractivity contribution in [3.05, 3.63) is 64.2 Å². The standard InChI is InChI=1S/C23H27NO3/c1-5-18(17-9-6-14(2)7-10-17)24-21(26)13-27-20-11-8-15(3)22-16(4)12-19(25)23(20)22/h6-11,16,18H,5,12-13H2,1-4H3,(H,24,26)/t16-,18+/m0/s1. The number of hydrogen-bond donors (Lipinski definition) is 1. The Morgan fingerprint density at radius 2 is 1.89 bits per heavy atom. The Morgan fingerprint density at radius 3 is 2.56 bits per heavy atom. The second-order valence-electron chi connectivity index (χ2n) is 7.43. The highest BCUT2D eigenvalue weighted by Gasteiger charge is 2.31. The fraction of sp³-hybridized carbons (Fsp3) is 0.391. The first-order valence-electron chi connectivity index (χ1n) is 9.56. The topological polar surface area (TPSA) is 55.4 Å². The molecule has 142 valence electrons. The van der Waals surface area contributed by atoms with E-state index < -0.39 is 0 Å². The molecular formula is C23H27NO3. The molecule has 4 nitrogen and oxygen atoms in total. The molecule has 4 heteroatoms. The van der Waals surface area contributed by atoms with Crippen molar-refractivity contribution < 1.29 is 14.3 Å². The Labute approximate surface area is 160 Å². The van der Waals surface area contributed by atoms with Crippen LogP contribution in [0, 0.1) is 13.8 Å². The number of fused-ring (bicyclic) bond motifs is 1. The van der Waals surface area contributed by atoms with E-state index in [4.69, 9.17) is 4.74 Å². The lowest BCUT2D eigenvalue weighted by molar-refractivity contribution is -0.123. The Morgan fingerprint density at radius 1 is 1.19 bits per heavy atom. The number of amides is 1. The average molecular weight is 365 g/mol. The van der Waals surface area contributed by atoms with Gasteiger partial charge in [0, 0.05) is 6.42 Å². The van der Waals surface area contributed by atoms with Crippen molar-refractivity contribution in [1.29, 1.82) is 0 Å². The Balaban J connectivity index is 1.68. The molecule has 0 saturated heterocycles. The lowest BCUT2D eigenvalue weighted by Crippen LogP contribution is -2.32. The summed E-state index contributed by atoms with van der Waals surface area (Å²) in [6, 6.07) is 11.9. The van der Waals surface area contributed by atoms with E-state index in [2.05, 4.69) is 12.2 Å². The quantitative estimate of drug-likeness (QED) is 0.811. The maximum Gasteiger partial charge on any atom is 0.258 e. The lowest BCUT2D eigenvalue weighted by Gasteiger charge is -2.18. The molecular weight excluding hydrogens is 338 g/mol. The minimum atomic E-state index is -0.185. The summed E-state index contributed by atoms with van der Waals surface area (Å²) in [5.41, 5.74) is 5.09. The second-order valence-corrected chi connectivity index (χ2v) is 7.43. The first-order valence-corrected chi connectivity index (χ1v) is 9.56. The number of rotatable bonds is 6. The smallest absolute Gasteiger partial charge is 0.258 e. The summed E-state index contributed by atoms with van der Waals surface area (Å²) in [7, 11) is 0. The number of nitrogens with one attached hydrogen (secondary N) is 1. The van der Waals surface area contributed by atoms with Gasteiger partial charge < -0.3 is 10.1 Å². The van der Waals surface area contributed by atoms with Crippen LogP contribution >= 0.6 is 0 Å². The number of aryl methyl sites for hydroxylation is 2. The molecule has 0 saturated carbocycles. The van der Waals surface area contributed by atoms with Crippen LogP contribution in [0.4, 0.5) is 0 Å². The van der Waals surface area contributed by atoms with Crippen LogP contribution in [0.1, 0.15) is 71.3 Å². The minimum absolute atomic E-state index is 0.0490. The number of Topliss-reactive ketones (excluding diaryl/α,β-unsaturated/α-hetero) is 1. The van der Waals surface area contributed by atoms with E-state index in [0.29, 0.717) is 17.7 Å². The zero-order valence-electron chi connectivity index (χ0n) is 16.5. The van der Waals surface area contributed by atoms with Crippen LogP contribution in [0.15, 0.2) is 36.4 Å². The molecule has 2 aromatic carbocycles. The summed E-state index contributed by atoms with van der Waals surface area (Å²) in [5, 5.41) is 3.02. The van der Waals surface area contributed by atoms with Crippen LogP contribution in [0.3, 0.4) is 0 Å². The van der Waals surface area contributed by atoms with Gasteiger partial charge in [-0.1, -0.05) is 49.7 Å². The van der Waals surface area contributed by atoms with Crippen LogP contribution in [0.5, 0.6) is 5.75 Å². The molecule has 3 rings (SSSR count). The third-order valence-electron chi connectivity index (χ3n) is 5.27. The summed E-state index contributed by atoms with van der Waals surface area (Å²) in [5.74, 6) is 0.636. The second kappa shape index (κ2) is 7.95. The normalized spacial score (nSPS) is 16.7. The van der Waals surface area contributed by atoms with Gasteiger partial charge in [0.25, 0.3) is 5.91 Å². The van der Waals surface area contributed by atoms with E-state index in [-0.39, 0.29) is 30.3 Å². The van der Waals surface area contributed by atoms with Crippen LogP contribution in [-0.2, 0) is 4.79 Å². The highest BCUT2D eigenvalue weighted by Crippen LogP contribution is 2.40. The predicted octanol–water partition coefficient (Wildman–Crippen LogP) is 4.64. The highest BCUT2D eigenvalue weighted by atomic mass is 16.5. The molecule has 0 spiro atoms. The summed E-state index contributed by atoms with van der Waals surface area (Å²) in [6.45, 7) is 8.05. The molecule has 0 radical (unpaired) electrons. The van der Waals surface area contributed by atoms with Gasteiger partial charge >= 0.3 is 0 Å². The number of hydrogen-bond acceptors (Lipinski definition) is 3. The van der Waals surface area contributed by atoms with E-state index in [1.165, 1.54) is 5.56 Å². The summed E-state index contributed by atoms with van der Waals surface area (Å²) in [4.78, 5) is 24.8. The first-order chi connectivity index (χ1) is 12.9. The number of benzene rings is 2. The molecule has 2 aromatic rings. The first kappa shape index (κ1) is 19.2. The number of carbonyl (C=O) groups excluding carboxylic acids is 2. The maximum atomic E-state index is 12.4. The van der Waals surface area contributed by atoms with Crippen LogP contribution in [0.2, 0.25) is 0 Å². The van der Waals surface area contributed by atoms with E-state index in [1.54, 1.807) is 6.07 Å². The molecule has 1 aliphatic rings. The molecule has 1 aliphatic carbocycles. The lowest BCUT2D eigenvalue weighted by atomic mass is 9.97. The van der Waals surface area contributed by atoms with Gasteiger partial charge in [0.05, 0.1) is 11.6 Å². The SMILES string of the molecule is CC[C@@H](NC(=O)COc1ccc(C)c2c1C(=O)C[C@@H]2C)c1ccc(C)cc1. The van der Waals surface area contributed by atoms with Gasteiger partial charge in [-0.05, 0) is 48.9 Å². The van der Waals surface area contributed by atoms with Gasteiger partial charge in [-0.15, -0.1) is 0 Å². The molecule has 0 fully saturated rings. The Kier molecular flexibility index (Phi) is 5.64. The van der Waals surface area contributed by atoms with Crippen molar-refractivity contribution in [3.8, 4) is 5.75 Å². The van der Waals surface area contributed by atoms with Crippen molar-refractivity contribution in [2.75, 3.05) is 6.61 Å². The van der Waals surface area contributed by atoms with Crippen molar-refractivity contribution in [2.45, 2.75) is 52.5 Å². The maximum absolute atomic E-state index is 12.4. The third kappa shape index (κ3) is 4.05. The summed E-state index contributed by atoms with van der Waals surface area (Å²) >= 11 is 0. The van der Waals surface area contributed by atoms with Gasteiger partial charge in [-0.2, -0.15) is 0 Å². The molecule has 1 N–H and O–H groups in total. The summed E-state index contributed by atoms with van der Waals surface area (Å²) in [6.07, 6.45) is 1.30. The van der Waals surface area contributed by atoms with Crippen LogP contribution in [0.25, 0.3) is 0 Å². The molecule has 27 heavy (non-hydrogen) atoms. The Hall–Kier alpha value is -2.62. The van der Waals surface area contributed by atoms with E-state index in [0.717, 1.165) is 23.1 Å². The van der Waals surface area contributed by atoms with Crippen molar-refractivity contribution in [2.24, 2.45) is 0 Å². The van der Waals surface area contributed by atoms with E-state index >= 15 is 0 Å². The van der Waals surface area contributed by atoms with Gasteiger partial charge in [0.2, 0.25) is 0 Å². The monoisotopic (exact) mass is 365 g/mol. The Bertz CT molecular complexity index is 855. The highest BCUT2D eigenvalue weighted by molar-refractivity contribution is 6.04. The number of ether oxygens (including phenoxy) is 1. The zero-order chi connectivity index (χ0) is 19.6. The van der Waals surface area contributed by atoms with Crippen molar-refractivity contribution in [1.82, 2.24) is 5.32 Å². The molecule has 0 unspecified atom stereocenters. The van der Waals surface area contributed by atoms with E-state index in [1.807, 2.05) is 51.1 Å². The van der Waals surface area contributed by atoms with Gasteiger partial charge in [-0.25, -0.2) is 0 Å². The zero-order valence-corrected chi connectivity index (χ0v) is 16.5. The molecule has 0 aliphatic heterocycles. The molecule has 0 heterocycles. The average Bonchev–Trinajstić information content (AvgIpc) is 2.95. The van der Waals surface area contributed by atoms with Crippen molar-refractivity contribution >= 4 is 11.7 Å². The third-order valence-corrected chi connectivity index (χ3v) is 5.27. The number of ketones is 1.